The standard InChI is InChI=1S/C20H26FN7O3/c1-23-20(29)27(2)13-8-14(9-13)31-17-10-16(12-7-15(21)18(22)24-11-12)25-19(26-17)28-3-5-30-6-4-28/h7,10-11,13-14H,3-6,8-9H2,1-2H3,(H2,22,24)(H,23,29). The molecule has 4 rings (SSSR count). The van der Waals surface area contributed by atoms with Gasteiger partial charge in [-0.15, -0.1) is 0 Å². The molecule has 2 fully saturated rings. The van der Waals surface area contributed by atoms with Crippen LogP contribution in [0.3, 0.4) is 0 Å². The first-order chi connectivity index (χ1) is 14.9. The van der Waals surface area contributed by atoms with Crippen LogP contribution in [0.1, 0.15) is 12.8 Å². The van der Waals surface area contributed by atoms with Gasteiger partial charge in [-0.1, -0.05) is 0 Å². The van der Waals surface area contributed by atoms with E-state index >= 15 is 0 Å². The summed E-state index contributed by atoms with van der Waals surface area (Å²) in [6, 6.07) is 2.96. The molecule has 11 heteroatoms. The molecule has 2 aromatic heterocycles. The molecule has 2 aromatic rings. The van der Waals surface area contributed by atoms with Crippen LogP contribution in [0.25, 0.3) is 11.3 Å². The monoisotopic (exact) mass is 431 g/mol. The maximum absolute atomic E-state index is 14.0. The molecule has 0 radical (unpaired) electrons. The molecule has 0 spiro atoms. The number of rotatable bonds is 5. The Morgan fingerprint density at radius 1 is 1.32 bits per heavy atom. The first-order valence-corrected chi connectivity index (χ1v) is 10.2. The Morgan fingerprint density at radius 2 is 2.06 bits per heavy atom. The summed E-state index contributed by atoms with van der Waals surface area (Å²) in [6.45, 7) is 2.47. The summed E-state index contributed by atoms with van der Waals surface area (Å²) in [5, 5.41) is 2.62. The van der Waals surface area contributed by atoms with Crippen molar-refractivity contribution in [2.24, 2.45) is 0 Å². The van der Waals surface area contributed by atoms with Crippen LogP contribution in [0.5, 0.6) is 5.88 Å². The highest BCUT2D eigenvalue weighted by molar-refractivity contribution is 5.74. The highest BCUT2D eigenvalue weighted by Gasteiger charge is 2.36. The number of urea groups is 1. The van der Waals surface area contributed by atoms with Gasteiger partial charge in [0.25, 0.3) is 0 Å². The van der Waals surface area contributed by atoms with Gasteiger partial charge in [0.05, 0.1) is 18.9 Å². The predicted molar refractivity (Wildman–Crippen MR) is 112 cm³/mol. The van der Waals surface area contributed by atoms with E-state index in [4.69, 9.17) is 15.2 Å². The van der Waals surface area contributed by atoms with Gasteiger partial charge in [-0.05, 0) is 6.07 Å². The second-order valence-corrected chi connectivity index (χ2v) is 7.61. The van der Waals surface area contributed by atoms with E-state index in [1.807, 2.05) is 4.90 Å². The first-order valence-electron chi connectivity index (χ1n) is 10.2. The van der Waals surface area contributed by atoms with Crippen LogP contribution in [-0.2, 0) is 4.74 Å². The highest BCUT2D eigenvalue weighted by atomic mass is 19.1. The van der Waals surface area contributed by atoms with E-state index in [1.165, 1.54) is 12.3 Å². The van der Waals surface area contributed by atoms with Crippen molar-refractivity contribution in [1.82, 2.24) is 25.2 Å². The normalized spacial score (nSPS) is 20.7. The summed E-state index contributed by atoms with van der Waals surface area (Å²) in [4.78, 5) is 28.5. The van der Waals surface area contributed by atoms with Crippen LogP contribution in [0, 0.1) is 5.82 Å². The quantitative estimate of drug-likeness (QED) is 0.727. The summed E-state index contributed by atoms with van der Waals surface area (Å²) < 4.78 is 25.5. The Hall–Kier alpha value is -3.21. The number of pyridine rings is 1. The average Bonchev–Trinajstić information content (AvgIpc) is 2.77. The number of nitrogens with zero attached hydrogens (tertiary/aromatic N) is 5. The Balaban J connectivity index is 1.55. The van der Waals surface area contributed by atoms with Crippen LogP contribution >= 0.6 is 0 Å². The van der Waals surface area contributed by atoms with Gasteiger partial charge >= 0.3 is 6.03 Å². The second kappa shape index (κ2) is 8.88. The number of nitrogens with one attached hydrogen (secondary N) is 1. The Kier molecular flexibility index (Phi) is 6.03. The van der Waals surface area contributed by atoms with Crippen LogP contribution in [0.2, 0.25) is 0 Å². The number of nitrogens with two attached hydrogens (primary N) is 1. The zero-order chi connectivity index (χ0) is 22.0. The van der Waals surface area contributed by atoms with Crippen molar-refractivity contribution in [3.05, 3.63) is 24.1 Å². The van der Waals surface area contributed by atoms with Crippen molar-refractivity contribution in [2.45, 2.75) is 25.0 Å². The van der Waals surface area contributed by atoms with Crippen molar-refractivity contribution in [2.75, 3.05) is 51.0 Å². The van der Waals surface area contributed by atoms with E-state index < -0.39 is 5.82 Å². The van der Waals surface area contributed by atoms with E-state index in [1.54, 1.807) is 25.1 Å². The first kappa shape index (κ1) is 21.0. The van der Waals surface area contributed by atoms with Gasteiger partial charge in [-0.2, -0.15) is 4.98 Å². The molecule has 166 valence electrons. The van der Waals surface area contributed by atoms with E-state index in [-0.39, 0.29) is 24.0 Å². The number of halogens is 1. The van der Waals surface area contributed by atoms with Crippen molar-refractivity contribution in [3.63, 3.8) is 0 Å². The Morgan fingerprint density at radius 3 is 2.74 bits per heavy atom. The van der Waals surface area contributed by atoms with Crippen molar-refractivity contribution < 1.29 is 18.7 Å². The number of hydrogen-bond donors (Lipinski definition) is 2. The van der Waals surface area contributed by atoms with Gasteiger partial charge in [-0.3, -0.25) is 0 Å². The van der Waals surface area contributed by atoms with Gasteiger partial charge in [-0.25, -0.2) is 19.2 Å². The number of morpholine rings is 1. The smallest absolute Gasteiger partial charge is 0.317 e. The highest BCUT2D eigenvalue weighted by Crippen LogP contribution is 2.31. The lowest BCUT2D eigenvalue weighted by Crippen LogP contribution is -2.52. The molecule has 0 aromatic carbocycles. The SMILES string of the molecule is CNC(=O)N(C)C1CC(Oc2cc(-c3cnc(N)c(F)c3)nc(N3CCOCC3)n2)C1. The van der Waals surface area contributed by atoms with Gasteiger partial charge in [0.15, 0.2) is 11.6 Å². The molecule has 2 amide bonds. The number of anilines is 2. The molecule has 31 heavy (non-hydrogen) atoms. The average molecular weight is 431 g/mol. The molecule has 1 aliphatic heterocycles. The summed E-state index contributed by atoms with van der Waals surface area (Å²) >= 11 is 0. The van der Waals surface area contributed by atoms with Crippen LogP contribution in [0.15, 0.2) is 18.3 Å². The molecule has 1 saturated heterocycles. The summed E-state index contributed by atoms with van der Waals surface area (Å²) in [6.07, 6.45) is 2.81. The molecule has 0 atom stereocenters. The fourth-order valence-electron chi connectivity index (χ4n) is 3.58. The number of nitrogen functional groups attached to an aromatic ring is 1. The van der Waals surface area contributed by atoms with E-state index in [9.17, 15) is 9.18 Å². The predicted octanol–water partition coefficient (Wildman–Crippen LogP) is 1.28. The van der Waals surface area contributed by atoms with E-state index in [2.05, 4.69) is 20.3 Å². The number of amides is 2. The van der Waals surface area contributed by atoms with Crippen LogP contribution in [-0.4, -0.2) is 78.4 Å². The third-order valence-electron chi connectivity index (χ3n) is 5.59. The number of carbonyl (C=O) groups is 1. The lowest BCUT2D eigenvalue weighted by atomic mass is 9.88. The second-order valence-electron chi connectivity index (χ2n) is 7.61. The molecule has 3 N–H and O–H groups in total. The van der Waals surface area contributed by atoms with Gasteiger partial charge in [0, 0.05) is 63.9 Å². The van der Waals surface area contributed by atoms with E-state index in [0.717, 1.165) is 0 Å². The fraction of sp³-hybridized carbons (Fsp3) is 0.500. The number of carbonyl (C=O) groups excluding carboxylic acids is 1. The van der Waals surface area contributed by atoms with Crippen molar-refractivity contribution in [1.29, 1.82) is 0 Å². The minimum atomic E-state index is -0.606. The van der Waals surface area contributed by atoms with Crippen LogP contribution < -0.4 is 20.7 Å². The minimum Gasteiger partial charge on any atom is -0.474 e. The number of aromatic nitrogens is 3. The molecule has 1 aliphatic carbocycles. The molecule has 0 bridgehead atoms. The summed E-state index contributed by atoms with van der Waals surface area (Å²) in [5.74, 6) is 0.121. The largest absolute Gasteiger partial charge is 0.474 e. The lowest BCUT2D eigenvalue weighted by Gasteiger charge is -2.40. The maximum Gasteiger partial charge on any atom is 0.317 e. The maximum atomic E-state index is 14.0. The molecular formula is C20H26FN7O3. The topological polar surface area (TPSA) is 119 Å². The molecule has 0 unspecified atom stereocenters. The van der Waals surface area contributed by atoms with Gasteiger partial charge in [0.2, 0.25) is 11.8 Å². The van der Waals surface area contributed by atoms with Crippen molar-refractivity contribution >= 4 is 17.8 Å². The zero-order valence-corrected chi connectivity index (χ0v) is 17.5. The van der Waals surface area contributed by atoms with E-state index in [0.29, 0.717) is 62.2 Å². The summed E-state index contributed by atoms with van der Waals surface area (Å²) in [7, 11) is 3.37. The molecular weight excluding hydrogens is 405 g/mol. The number of ether oxygens (including phenoxy) is 2. The zero-order valence-electron chi connectivity index (χ0n) is 17.5. The minimum absolute atomic E-state index is 0.0707. The van der Waals surface area contributed by atoms with Crippen molar-refractivity contribution in [3.8, 4) is 17.1 Å². The lowest BCUT2D eigenvalue weighted by molar-refractivity contribution is 0.0409. The third-order valence-corrected chi connectivity index (χ3v) is 5.59. The van der Waals surface area contributed by atoms with Gasteiger partial charge in [0.1, 0.15) is 6.10 Å². The molecule has 2 aliphatic rings. The molecule has 1 saturated carbocycles. The Labute approximate surface area is 179 Å². The summed E-state index contributed by atoms with van der Waals surface area (Å²) in [5.41, 5.74) is 6.49. The number of hydrogen-bond acceptors (Lipinski definition) is 8. The van der Waals surface area contributed by atoms with Crippen LogP contribution in [0.4, 0.5) is 21.0 Å². The fourth-order valence-corrected chi connectivity index (χ4v) is 3.58. The third kappa shape index (κ3) is 4.61. The van der Waals surface area contributed by atoms with Gasteiger partial charge < -0.3 is 30.3 Å². The molecule has 3 heterocycles. The molecule has 10 nitrogen and oxygen atoms in total. The Bertz CT molecular complexity index is 948.